The van der Waals surface area contributed by atoms with Gasteiger partial charge in [0.1, 0.15) is 23.3 Å². The number of nitrogens with zero attached hydrogens (tertiary/aromatic N) is 3. The standard InChI is InChI=1S/C29H30F4N6O4S/c1-15(2)39-27-17(11-35-29(37-27)36-19-9-18(30)12-34-13-19)8-22(28(39)40)21-10-23(31)26(25(33)24(21)32)38-44(41,42)14-16-5-4-6-20(7-16)43-3/h4-8,10-11,15,18-19,34,38H,9,12-14H2,1-3H3,(H,35,36,37)/t18-,19-/m0/s1. The lowest BCUT2D eigenvalue weighted by Gasteiger charge is -2.26. The van der Waals surface area contributed by atoms with Gasteiger partial charge >= 0.3 is 0 Å². The summed E-state index contributed by atoms with van der Waals surface area (Å²) in [7, 11) is -2.99. The van der Waals surface area contributed by atoms with Gasteiger partial charge in [-0.25, -0.2) is 31.0 Å². The summed E-state index contributed by atoms with van der Waals surface area (Å²) < 4.78 is 93.3. The van der Waals surface area contributed by atoms with Crippen LogP contribution < -0.4 is 25.7 Å². The average molecular weight is 635 g/mol. The molecule has 2 aromatic carbocycles. The molecule has 3 N–H and O–H groups in total. The van der Waals surface area contributed by atoms with E-state index in [0.717, 1.165) is 0 Å². The van der Waals surface area contributed by atoms with E-state index in [1.807, 2.05) is 0 Å². The molecule has 0 spiro atoms. The van der Waals surface area contributed by atoms with Crippen molar-refractivity contribution in [3.05, 3.63) is 76.0 Å². The molecular formula is C29H30F4N6O4S. The molecule has 44 heavy (non-hydrogen) atoms. The number of benzene rings is 2. The topological polar surface area (TPSA) is 127 Å². The highest BCUT2D eigenvalue weighted by Crippen LogP contribution is 2.32. The van der Waals surface area contributed by atoms with Gasteiger partial charge in [0.15, 0.2) is 17.5 Å². The number of nitrogens with one attached hydrogen (secondary N) is 3. The molecule has 2 aromatic heterocycles. The zero-order chi connectivity index (χ0) is 31.8. The van der Waals surface area contributed by atoms with E-state index in [9.17, 15) is 17.6 Å². The number of pyridine rings is 1. The van der Waals surface area contributed by atoms with Crippen molar-refractivity contribution >= 4 is 32.7 Å². The second-order valence-corrected chi connectivity index (χ2v) is 12.5. The van der Waals surface area contributed by atoms with E-state index < -0.39 is 62.3 Å². The van der Waals surface area contributed by atoms with Gasteiger partial charge in [-0.05, 0) is 43.7 Å². The first-order valence-corrected chi connectivity index (χ1v) is 15.4. The minimum atomic E-state index is -4.39. The SMILES string of the molecule is COc1cccc(CS(=O)(=O)Nc2c(F)cc(-c3cc4cnc(N[C@@H]5CNC[C@@H](F)C5)nc4n(C(C)C)c3=O)c(F)c2F)c1. The molecule has 15 heteroatoms. The van der Waals surface area contributed by atoms with Crippen LogP contribution in [-0.2, 0) is 15.8 Å². The smallest absolute Gasteiger partial charge is 0.260 e. The van der Waals surface area contributed by atoms with E-state index >= 15 is 13.2 Å². The number of hydrogen-bond acceptors (Lipinski definition) is 8. The number of rotatable bonds is 9. The summed E-state index contributed by atoms with van der Waals surface area (Å²) in [6, 6.07) is 7.03. The van der Waals surface area contributed by atoms with E-state index in [4.69, 9.17) is 4.74 Å². The highest BCUT2D eigenvalue weighted by Gasteiger charge is 2.27. The van der Waals surface area contributed by atoms with E-state index in [1.165, 1.54) is 36.1 Å². The van der Waals surface area contributed by atoms with Crippen LogP contribution in [0.2, 0.25) is 0 Å². The monoisotopic (exact) mass is 634 g/mol. The number of sulfonamides is 1. The van der Waals surface area contributed by atoms with Crippen LogP contribution >= 0.6 is 0 Å². The van der Waals surface area contributed by atoms with E-state index in [2.05, 4.69) is 20.6 Å². The Kier molecular flexibility index (Phi) is 8.79. The lowest BCUT2D eigenvalue weighted by atomic mass is 10.0. The van der Waals surface area contributed by atoms with Crippen molar-refractivity contribution in [3.8, 4) is 16.9 Å². The third-order valence-electron chi connectivity index (χ3n) is 7.12. The fraction of sp³-hybridized carbons (Fsp3) is 0.345. The molecule has 0 radical (unpaired) electrons. The van der Waals surface area contributed by atoms with Crippen molar-refractivity contribution in [2.75, 3.05) is 30.2 Å². The summed E-state index contributed by atoms with van der Waals surface area (Å²) in [5.74, 6) is -5.00. The van der Waals surface area contributed by atoms with Gasteiger partial charge < -0.3 is 15.4 Å². The Bertz CT molecular complexity index is 1890. The third-order valence-corrected chi connectivity index (χ3v) is 8.35. The second-order valence-electron chi connectivity index (χ2n) is 10.8. The first kappa shape index (κ1) is 31.2. The summed E-state index contributed by atoms with van der Waals surface area (Å²) in [5, 5.41) is 6.28. The van der Waals surface area contributed by atoms with Crippen LogP contribution in [0.3, 0.4) is 0 Å². The van der Waals surface area contributed by atoms with Crippen molar-refractivity contribution in [2.24, 2.45) is 0 Å². The van der Waals surface area contributed by atoms with Crippen LogP contribution in [0.4, 0.5) is 29.2 Å². The number of hydrogen-bond donors (Lipinski definition) is 3. The van der Waals surface area contributed by atoms with Crippen molar-refractivity contribution in [2.45, 2.75) is 44.3 Å². The fourth-order valence-corrected chi connectivity index (χ4v) is 6.29. The van der Waals surface area contributed by atoms with Gasteiger partial charge in [-0.3, -0.25) is 14.1 Å². The van der Waals surface area contributed by atoms with Crippen LogP contribution in [0.25, 0.3) is 22.2 Å². The number of aromatic nitrogens is 3. The molecular weight excluding hydrogens is 604 g/mol. The predicted molar refractivity (Wildman–Crippen MR) is 159 cm³/mol. The van der Waals surface area contributed by atoms with Gasteiger partial charge in [-0.1, -0.05) is 12.1 Å². The summed E-state index contributed by atoms with van der Waals surface area (Å²) in [6.07, 6.45) is 0.568. The second kappa shape index (κ2) is 12.4. The first-order valence-electron chi connectivity index (χ1n) is 13.7. The fourth-order valence-electron chi connectivity index (χ4n) is 5.10. The molecule has 0 bridgehead atoms. The van der Waals surface area contributed by atoms with Crippen molar-refractivity contribution in [3.63, 3.8) is 0 Å². The number of piperidine rings is 1. The maximum atomic E-state index is 15.5. The summed E-state index contributed by atoms with van der Waals surface area (Å²) in [4.78, 5) is 22.3. The highest BCUT2D eigenvalue weighted by molar-refractivity contribution is 7.91. The zero-order valence-corrected chi connectivity index (χ0v) is 24.8. The lowest BCUT2D eigenvalue weighted by Crippen LogP contribution is -2.44. The number of methoxy groups -OCH3 is 1. The minimum absolute atomic E-state index is 0.147. The normalized spacial score (nSPS) is 17.2. The summed E-state index contributed by atoms with van der Waals surface area (Å²) >= 11 is 0. The Morgan fingerprint density at radius 2 is 1.89 bits per heavy atom. The van der Waals surface area contributed by atoms with Crippen LogP contribution in [0.5, 0.6) is 5.75 Å². The molecule has 0 saturated carbocycles. The molecule has 4 aromatic rings. The van der Waals surface area contributed by atoms with Crippen LogP contribution in [-0.4, -0.2) is 55.4 Å². The Labute approximate surface area is 250 Å². The van der Waals surface area contributed by atoms with Gasteiger partial charge in [-0.2, -0.15) is 4.98 Å². The molecule has 1 aliphatic rings. The van der Waals surface area contributed by atoms with E-state index in [0.29, 0.717) is 18.4 Å². The maximum Gasteiger partial charge on any atom is 0.260 e. The Hall–Kier alpha value is -4.24. The molecule has 0 aliphatic carbocycles. The molecule has 0 unspecified atom stereocenters. The van der Waals surface area contributed by atoms with Crippen LogP contribution in [0.15, 0.2) is 47.4 Å². The molecule has 3 heterocycles. The van der Waals surface area contributed by atoms with Crippen molar-refractivity contribution < 1.29 is 30.7 Å². The molecule has 234 valence electrons. The molecule has 2 atom stereocenters. The number of alkyl halides is 1. The third kappa shape index (κ3) is 6.48. The van der Waals surface area contributed by atoms with Crippen molar-refractivity contribution in [1.82, 2.24) is 19.9 Å². The first-order chi connectivity index (χ1) is 20.9. The van der Waals surface area contributed by atoms with Gasteiger partial charge in [0.05, 0.1) is 18.4 Å². The quantitative estimate of drug-likeness (QED) is 0.181. The Balaban J connectivity index is 1.51. The number of fused-ring (bicyclic) bond motifs is 1. The molecule has 1 saturated heterocycles. The molecule has 0 amide bonds. The average Bonchev–Trinajstić information content (AvgIpc) is 2.96. The molecule has 1 fully saturated rings. The maximum absolute atomic E-state index is 15.5. The Morgan fingerprint density at radius 1 is 1.11 bits per heavy atom. The van der Waals surface area contributed by atoms with Gasteiger partial charge in [0.25, 0.3) is 5.56 Å². The predicted octanol–water partition coefficient (Wildman–Crippen LogP) is 4.52. The largest absolute Gasteiger partial charge is 0.497 e. The minimum Gasteiger partial charge on any atom is -0.497 e. The van der Waals surface area contributed by atoms with Crippen LogP contribution in [0, 0.1) is 17.5 Å². The number of ether oxygens (including phenoxy) is 1. The number of halogens is 4. The summed E-state index contributed by atoms with van der Waals surface area (Å²) in [5.41, 5.74) is -2.65. The van der Waals surface area contributed by atoms with Gasteiger partial charge in [0, 0.05) is 48.7 Å². The molecule has 10 nitrogen and oxygen atoms in total. The van der Waals surface area contributed by atoms with E-state index in [-0.39, 0.29) is 47.1 Å². The van der Waals surface area contributed by atoms with Gasteiger partial charge in [-0.15, -0.1) is 0 Å². The van der Waals surface area contributed by atoms with Crippen LogP contribution in [0.1, 0.15) is 31.9 Å². The van der Waals surface area contributed by atoms with Crippen molar-refractivity contribution in [1.29, 1.82) is 0 Å². The zero-order valence-electron chi connectivity index (χ0n) is 24.0. The summed E-state index contributed by atoms with van der Waals surface area (Å²) in [6.45, 7) is 4.09. The Morgan fingerprint density at radius 3 is 2.59 bits per heavy atom. The highest BCUT2D eigenvalue weighted by atomic mass is 32.2. The van der Waals surface area contributed by atoms with E-state index in [1.54, 1.807) is 30.7 Å². The number of anilines is 2. The van der Waals surface area contributed by atoms with Gasteiger partial charge in [0.2, 0.25) is 16.0 Å². The molecule has 5 rings (SSSR count). The lowest BCUT2D eigenvalue weighted by molar-refractivity contribution is 0.254. The molecule has 1 aliphatic heterocycles.